The van der Waals surface area contributed by atoms with Crippen LogP contribution in [0.3, 0.4) is 0 Å². The normalized spacial score (nSPS) is 13.2. The molecule has 2 amide bonds. The molecule has 0 unspecified atom stereocenters. The molecule has 1 aliphatic rings. The molecule has 134 valence electrons. The van der Waals surface area contributed by atoms with Gasteiger partial charge in [-0.05, 0) is 36.0 Å². The van der Waals surface area contributed by atoms with Crippen LogP contribution in [0.15, 0.2) is 42.5 Å². The lowest BCUT2D eigenvalue weighted by molar-refractivity contribution is 0.0614. The van der Waals surface area contributed by atoms with Gasteiger partial charge in [-0.25, -0.2) is 0 Å². The number of amides is 2. The van der Waals surface area contributed by atoms with E-state index in [1.807, 2.05) is 30.3 Å². The predicted molar refractivity (Wildman–Crippen MR) is 104 cm³/mol. The van der Waals surface area contributed by atoms with Gasteiger partial charge in [0.25, 0.3) is 11.8 Å². The highest BCUT2D eigenvalue weighted by Gasteiger charge is 2.34. The summed E-state index contributed by atoms with van der Waals surface area (Å²) in [5, 5.41) is 6.29. The zero-order valence-corrected chi connectivity index (χ0v) is 14.1. The van der Waals surface area contributed by atoms with Crippen molar-refractivity contribution in [1.29, 1.82) is 0 Å². The molecule has 1 N–H and O–H groups in total. The number of carbonyl (C=O) groups is 2. The van der Waals surface area contributed by atoms with E-state index in [2.05, 4.69) is 5.32 Å². The van der Waals surface area contributed by atoms with Gasteiger partial charge in [0.05, 0.1) is 12.7 Å². The summed E-state index contributed by atoms with van der Waals surface area (Å²) in [5.74, 6) is 0.161. The Morgan fingerprint density at radius 3 is 2.54 bits per heavy atom. The van der Waals surface area contributed by atoms with Gasteiger partial charge in [0.15, 0.2) is 0 Å². The number of nitrogens with zero attached hydrogens (tertiary/aromatic N) is 1. The minimum absolute atomic E-state index is 0. The van der Waals surface area contributed by atoms with Crippen molar-refractivity contribution in [2.75, 3.05) is 27.2 Å². The fourth-order valence-corrected chi connectivity index (χ4v) is 3.53. The summed E-state index contributed by atoms with van der Waals surface area (Å²) >= 11 is 0. The highest BCUT2D eigenvalue weighted by Crippen LogP contribution is 2.39. The quantitative estimate of drug-likeness (QED) is 0.578. The number of rotatable bonds is 4. The van der Waals surface area contributed by atoms with Crippen molar-refractivity contribution < 1.29 is 14.3 Å². The Bertz CT molecular complexity index is 1030. The molecule has 4 rings (SSSR count). The maximum absolute atomic E-state index is 13.2. The second-order valence-electron chi connectivity index (χ2n) is 6.08. The van der Waals surface area contributed by atoms with E-state index >= 15 is 0 Å². The van der Waals surface area contributed by atoms with Crippen molar-refractivity contribution in [3.8, 4) is 5.75 Å². The van der Waals surface area contributed by atoms with Crippen LogP contribution in [0.2, 0.25) is 0 Å². The molecule has 0 saturated carbocycles. The number of benzene rings is 3. The first-order valence-corrected chi connectivity index (χ1v) is 8.20. The molecule has 0 aromatic heterocycles. The first kappa shape index (κ1) is 17.9. The molecule has 0 radical (unpaired) electrons. The Morgan fingerprint density at radius 2 is 1.81 bits per heavy atom. The van der Waals surface area contributed by atoms with Crippen LogP contribution in [0, 0.1) is 0 Å². The molecule has 0 saturated heterocycles. The standard InChI is InChI=1S/C20H18N2O3.CH4/c1-21-9-10-22-19(23)14-7-8-16(25-2)15-11-12-5-3-4-6-13(12)18(17(14)15)20(22)24;/h3-8,11,21H,9-10H2,1-2H3;1H4. The fourth-order valence-electron chi connectivity index (χ4n) is 3.53. The van der Waals surface area contributed by atoms with Gasteiger partial charge < -0.3 is 10.1 Å². The van der Waals surface area contributed by atoms with Gasteiger partial charge >= 0.3 is 0 Å². The minimum Gasteiger partial charge on any atom is -0.496 e. The largest absolute Gasteiger partial charge is 0.496 e. The number of imide groups is 1. The van der Waals surface area contributed by atoms with Gasteiger partial charge in [0, 0.05) is 29.4 Å². The SMILES string of the molecule is C.CNCCN1C(=O)c2ccc(OC)c3cc4ccccc4c(c23)C1=O. The minimum atomic E-state index is -0.254. The van der Waals surface area contributed by atoms with Crippen molar-refractivity contribution in [3.05, 3.63) is 53.6 Å². The van der Waals surface area contributed by atoms with E-state index in [4.69, 9.17) is 4.74 Å². The lowest BCUT2D eigenvalue weighted by atomic mass is 9.89. The second kappa shape index (κ2) is 6.77. The van der Waals surface area contributed by atoms with E-state index in [0.717, 1.165) is 16.2 Å². The smallest absolute Gasteiger partial charge is 0.262 e. The van der Waals surface area contributed by atoms with Crippen LogP contribution in [0.5, 0.6) is 5.75 Å². The van der Waals surface area contributed by atoms with Crippen LogP contribution in [-0.2, 0) is 0 Å². The lowest BCUT2D eigenvalue weighted by Gasteiger charge is -2.28. The molecular formula is C21H22N2O3. The zero-order chi connectivity index (χ0) is 17.6. The van der Waals surface area contributed by atoms with Crippen LogP contribution in [0.4, 0.5) is 0 Å². The molecule has 1 heterocycles. The van der Waals surface area contributed by atoms with E-state index in [-0.39, 0.29) is 19.2 Å². The Labute approximate surface area is 152 Å². The Morgan fingerprint density at radius 1 is 1.04 bits per heavy atom. The Kier molecular flexibility index (Phi) is 4.66. The van der Waals surface area contributed by atoms with Gasteiger partial charge in [0.1, 0.15) is 5.75 Å². The van der Waals surface area contributed by atoms with E-state index in [1.165, 1.54) is 4.90 Å². The van der Waals surface area contributed by atoms with Gasteiger partial charge in [0.2, 0.25) is 0 Å². The summed E-state index contributed by atoms with van der Waals surface area (Å²) in [6.07, 6.45) is 0. The predicted octanol–water partition coefficient (Wildman–Crippen LogP) is 3.45. The van der Waals surface area contributed by atoms with E-state index in [0.29, 0.717) is 35.4 Å². The monoisotopic (exact) mass is 350 g/mol. The molecule has 1 aliphatic heterocycles. The average Bonchev–Trinajstić information content (AvgIpc) is 2.64. The van der Waals surface area contributed by atoms with Gasteiger partial charge in [-0.1, -0.05) is 31.7 Å². The van der Waals surface area contributed by atoms with Crippen LogP contribution >= 0.6 is 0 Å². The number of hydrogen-bond acceptors (Lipinski definition) is 4. The topological polar surface area (TPSA) is 58.6 Å². The van der Waals surface area contributed by atoms with Crippen molar-refractivity contribution in [2.45, 2.75) is 7.43 Å². The summed E-state index contributed by atoms with van der Waals surface area (Å²) in [6, 6.07) is 13.3. The summed E-state index contributed by atoms with van der Waals surface area (Å²) < 4.78 is 5.47. The third-order valence-corrected chi connectivity index (χ3v) is 4.73. The number of methoxy groups -OCH3 is 1. The molecule has 26 heavy (non-hydrogen) atoms. The second-order valence-corrected chi connectivity index (χ2v) is 6.08. The number of fused-ring (bicyclic) bond motifs is 2. The summed E-state index contributed by atoms with van der Waals surface area (Å²) in [5.41, 5.74) is 1.13. The van der Waals surface area contributed by atoms with E-state index in [1.54, 1.807) is 26.3 Å². The van der Waals surface area contributed by atoms with Crippen LogP contribution in [0.1, 0.15) is 28.1 Å². The third-order valence-electron chi connectivity index (χ3n) is 4.73. The van der Waals surface area contributed by atoms with Crippen molar-refractivity contribution in [1.82, 2.24) is 10.2 Å². The summed E-state index contributed by atoms with van der Waals surface area (Å²) in [6.45, 7) is 0.890. The third kappa shape index (κ3) is 2.44. The number of nitrogens with one attached hydrogen (secondary N) is 1. The average molecular weight is 350 g/mol. The molecule has 5 heteroatoms. The van der Waals surface area contributed by atoms with Crippen LogP contribution < -0.4 is 10.1 Å². The molecular weight excluding hydrogens is 328 g/mol. The maximum Gasteiger partial charge on any atom is 0.262 e. The molecule has 0 atom stereocenters. The van der Waals surface area contributed by atoms with Gasteiger partial charge in [-0.15, -0.1) is 0 Å². The number of carbonyl (C=O) groups excluding carboxylic acids is 2. The zero-order valence-electron chi connectivity index (χ0n) is 14.1. The van der Waals surface area contributed by atoms with Crippen molar-refractivity contribution >= 4 is 33.4 Å². The lowest BCUT2D eigenvalue weighted by Crippen LogP contribution is -2.43. The molecule has 5 nitrogen and oxygen atoms in total. The first-order valence-electron chi connectivity index (χ1n) is 8.20. The summed E-state index contributed by atoms with van der Waals surface area (Å²) in [4.78, 5) is 27.4. The summed E-state index contributed by atoms with van der Waals surface area (Å²) in [7, 11) is 3.39. The Hall–Kier alpha value is -2.92. The number of likely N-dealkylation sites (N-methyl/N-ethyl adjacent to an activating group) is 1. The molecule has 0 spiro atoms. The molecule has 0 fully saturated rings. The number of hydrogen-bond donors (Lipinski definition) is 1. The highest BCUT2D eigenvalue weighted by atomic mass is 16.5. The number of ether oxygens (including phenoxy) is 1. The molecule has 0 bridgehead atoms. The maximum atomic E-state index is 13.2. The van der Waals surface area contributed by atoms with Gasteiger partial charge in [-0.3, -0.25) is 14.5 Å². The van der Waals surface area contributed by atoms with E-state index in [9.17, 15) is 9.59 Å². The van der Waals surface area contributed by atoms with Crippen molar-refractivity contribution in [3.63, 3.8) is 0 Å². The first-order chi connectivity index (χ1) is 12.2. The molecule has 0 aliphatic carbocycles. The van der Waals surface area contributed by atoms with Crippen LogP contribution in [0.25, 0.3) is 21.5 Å². The fraction of sp³-hybridized carbons (Fsp3) is 0.238. The Balaban J connectivity index is 0.00000196. The van der Waals surface area contributed by atoms with Crippen LogP contribution in [-0.4, -0.2) is 44.0 Å². The molecule has 3 aromatic rings. The van der Waals surface area contributed by atoms with Crippen molar-refractivity contribution in [2.24, 2.45) is 0 Å². The highest BCUT2D eigenvalue weighted by molar-refractivity contribution is 6.31. The molecule has 3 aromatic carbocycles. The van der Waals surface area contributed by atoms with Gasteiger partial charge in [-0.2, -0.15) is 0 Å². The van der Waals surface area contributed by atoms with E-state index < -0.39 is 0 Å².